The van der Waals surface area contributed by atoms with Crippen LogP contribution in [-0.2, 0) is 9.05 Å². The molecule has 0 aliphatic carbocycles. The molecule has 0 radical (unpaired) electrons. The Kier molecular flexibility index (Phi) is 3.27. The maximum absolute atomic E-state index is 5.36. The number of hydrogen-bond acceptors (Lipinski definition) is 4. The number of thiol groups is 1. The summed E-state index contributed by atoms with van der Waals surface area (Å²) < 4.78 is 10.7. The number of allylic oxidation sites excluding steroid dienone is 1. The van der Waals surface area contributed by atoms with Gasteiger partial charge in [0.25, 0.3) is 0 Å². The van der Waals surface area contributed by atoms with Gasteiger partial charge in [-0.25, -0.2) is 0 Å². The van der Waals surface area contributed by atoms with Crippen molar-refractivity contribution >= 4 is 19.3 Å². The molecule has 0 saturated carbocycles. The van der Waals surface area contributed by atoms with Crippen molar-refractivity contribution in [1.29, 1.82) is 0 Å². The molecule has 1 heterocycles. The van der Waals surface area contributed by atoms with Gasteiger partial charge in [-0.1, -0.05) is 13.8 Å². The highest BCUT2D eigenvalue weighted by Crippen LogP contribution is 2.65. The van der Waals surface area contributed by atoms with Gasteiger partial charge in [0, 0.05) is 5.92 Å². The lowest BCUT2D eigenvalue weighted by Gasteiger charge is -2.11. The zero-order valence-electron chi connectivity index (χ0n) is 7.57. The van der Waals surface area contributed by atoms with Gasteiger partial charge in [0.1, 0.15) is 0 Å². The lowest BCUT2D eigenvalue weighted by atomic mass is 10.2. The third-order valence-corrected chi connectivity index (χ3v) is 3.99. The fourth-order valence-corrected chi connectivity index (χ4v) is 3.10. The molecule has 3 nitrogen and oxygen atoms in total. The Bertz CT molecular complexity index is 198. The second-order valence-electron chi connectivity index (χ2n) is 2.88. The van der Waals surface area contributed by atoms with E-state index >= 15 is 0 Å². The largest absolute Gasteiger partial charge is 0.477 e. The lowest BCUT2D eigenvalue weighted by Crippen LogP contribution is -2.12. The monoisotopic (exact) mass is 208 g/mol. The standard InChI is InChI=1S/C7H15NO2PS/c1-4-9-11(12)8-7(5-10-11)6(2)3/h5-6,8,12H,4H2,1-3H3/q+1. The molecule has 0 aromatic rings. The van der Waals surface area contributed by atoms with Gasteiger partial charge in [-0.3, -0.25) is 4.52 Å². The van der Waals surface area contributed by atoms with Crippen LogP contribution < -0.4 is 5.09 Å². The molecule has 0 amide bonds. The van der Waals surface area contributed by atoms with Crippen molar-refractivity contribution in [2.24, 2.45) is 5.92 Å². The van der Waals surface area contributed by atoms with E-state index in [-0.39, 0.29) is 0 Å². The first kappa shape index (κ1) is 10.2. The second kappa shape index (κ2) is 3.86. The summed E-state index contributed by atoms with van der Waals surface area (Å²) >= 11 is 4.32. The van der Waals surface area contributed by atoms with E-state index in [1.165, 1.54) is 0 Å². The first-order chi connectivity index (χ1) is 5.57. The Balaban J connectivity index is 2.50. The Morgan fingerprint density at radius 2 is 2.42 bits per heavy atom. The van der Waals surface area contributed by atoms with Gasteiger partial charge in [-0.15, -0.1) is 0 Å². The highest BCUT2D eigenvalue weighted by Gasteiger charge is 2.45. The summed E-state index contributed by atoms with van der Waals surface area (Å²) in [5.41, 5.74) is 1.06. The predicted molar refractivity (Wildman–Crippen MR) is 54.7 cm³/mol. The number of nitrogens with one attached hydrogen (secondary N) is 1. The molecule has 1 aliphatic rings. The molecule has 0 aromatic heterocycles. The quantitative estimate of drug-likeness (QED) is 0.552. The summed E-state index contributed by atoms with van der Waals surface area (Å²) in [5, 5.41) is 3.16. The average Bonchev–Trinajstić information content (AvgIpc) is 2.33. The Morgan fingerprint density at radius 1 is 1.75 bits per heavy atom. The maximum atomic E-state index is 5.36. The van der Waals surface area contributed by atoms with Crippen LogP contribution in [0.1, 0.15) is 20.8 Å². The van der Waals surface area contributed by atoms with E-state index in [4.69, 9.17) is 9.05 Å². The van der Waals surface area contributed by atoms with Gasteiger partial charge in [0.15, 0.2) is 6.26 Å². The van der Waals surface area contributed by atoms with Crippen LogP contribution in [0.25, 0.3) is 0 Å². The van der Waals surface area contributed by atoms with Crippen molar-refractivity contribution in [3.63, 3.8) is 0 Å². The summed E-state index contributed by atoms with van der Waals surface area (Å²) in [6, 6.07) is 0. The summed E-state index contributed by atoms with van der Waals surface area (Å²) in [6.07, 6.45) is 1.71. The van der Waals surface area contributed by atoms with Crippen molar-refractivity contribution in [1.82, 2.24) is 5.09 Å². The van der Waals surface area contributed by atoms with Gasteiger partial charge in [-0.05, 0) is 6.92 Å². The first-order valence-electron chi connectivity index (χ1n) is 4.00. The molecule has 1 N–H and O–H groups in total. The van der Waals surface area contributed by atoms with Crippen LogP contribution >= 0.6 is 19.3 Å². The Labute approximate surface area is 79.2 Å². The second-order valence-corrected chi connectivity index (χ2v) is 6.20. The minimum Gasteiger partial charge on any atom is -0.287 e. The summed E-state index contributed by atoms with van der Waals surface area (Å²) in [7, 11) is -2.08. The Morgan fingerprint density at radius 3 is 2.83 bits per heavy atom. The molecule has 0 bridgehead atoms. The molecule has 1 atom stereocenters. The third kappa shape index (κ3) is 2.28. The SMILES string of the molecule is CCO[P+]1(S)NC(C(C)C)=CO1. The molecule has 0 saturated heterocycles. The minimum absolute atomic E-state index is 0.430. The lowest BCUT2D eigenvalue weighted by molar-refractivity contribution is 0.315. The fraction of sp³-hybridized carbons (Fsp3) is 0.714. The number of hydrogen-bond donors (Lipinski definition) is 2. The molecule has 1 rings (SSSR count). The molecule has 0 spiro atoms. The van der Waals surface area contributed by atoms with Crippen LogP contribution in [0.3, 0.4) is 0 Å². The van der Waals surface area contributed by atoms with E-state index in [1.807, 2.05) is 6.92 Å². The molecule has 1 unspecified atom stereocenters. The zero-order chi connectivity index (χ0) is 9.19. The highest BCUT2D eigenvalue weighted by molar-refractivity contribution is 8.48. The molecular formula is C7H15NO2PS+. The van der Waals surface area contributed by atoms with Crippen LogP contribution in [0.4, 0.5) is 0 Å². The first-order valence-corrected chi connectivity index (χ1v) is 6.78. The maximum Gasteiger partial charge on any atom is 0.477 e. The Hall–Kier alpha value is 0.0800. The predicted octanol–water partition coefficient (Wildman–Crippen LogP) is 2.75. The van der Waals surface area contributed by atoms with E-state index < -0.39 is 7.07 Å². The van der Waals surface area contributed by atoms with Crippen LogP contribution in [0.2, 0.25) is 0 Å². The zero-order valence-corrected chi connectivity index (χ0v) is 9.36. The van der Waals surface area contributed by atoms with E-state index in [0.29, 0.717) is 12.5 Å². The highest BCUT2D eigenvalue weighted by atomic mass is 32.7. The normalized spacial score (nSPS) is 28.2. The molecule has 12 heavy (non-hydrogen) atoms. The van der Waals surface area contributed by atoms with Gasteiger partial charge in [0.2, 0.25) is 0 Å². The van der Waals surface area contributed by atoms with Crippen LogP contribution in [0.5, 0.6) is 0 Å². The third-order valence-electron chi connectivity index (χ3n) is 1.52. The van der Waals surface area contributed by atoms with Crippen molar-refractivity contribution in [3.8, 4) is 0 Å². The summed E-state index contributed by atoms with van der Waals surface area (Å²) in [6.45, 7) is 6.73. The van der Waals surface area contributed by atoms with Gasteiger partial charge in [-0.2, -0.15) is 9.61 Å². The number of rotatable bonds is 3. The van der Waals surface area contributed by atoms with E-state index in [1.54, 1.807) is 6.26 Å². The topological polar surface area (TPSA) is 30.5 Å². The summed E-state index contributed by atoms with van der Waals surface area (Å²) in [4.78, 5) is 0. The van der Waals surface area contributed by atoms with Crippen molar-refractivity contribution < 1.29 is 9.05 Å². The molecular weight excluding hydrogens is 193 g/mol. The summed E-state index contributed by atoms with van der Waals surface area (Å²) in [5.74, 6) is 0.430. The van der Waals surface area contributed by atoms with Gasteiger partial charge >= 0.3 is 7.07 Å². The molecule has 1 aliphatic heterocycles. The average molecular weight is 208 g/mol. The molecule has 0 fully saturated rings. The van der Waals surface area contributed by atoms with Crippen LogP contribution in [-0.4, -0.2) is 6.61 Å². The van der Waals surface area contributed by atoms with Gasteiger partial charge in [0.05, 0.1) is 24.6 Å². The molecule has 0 aromatic carbocycles. The van der Waals surface area contributed by atoms with E-state index in [2.05, 4.69) is 31.2 Å². The molecule has 5 heteroatoms. The van der Waals surface area contributed by atoms with Crippen molar-refractivity contribution in [2.75, 3.05) is 6.61 Å². The van der Waals surface area contributed by atoms with Crippen LogP contribution in [0.15, 0.2) is 12.0 Å². The smallest absolute Gasteiger partial charge is 0.287 e. The van der Waals surface area contributed by atoms with Gasteiger partial charge < -0.3 is 0 Å². The van der Waals surface area contributed by atoms with E-state index in [0.717, 1.165) is 5.70 Å². The fourth-order valence-electron chi connectivity index (χ4n) is 0.847. The van der Waals surface area contributed by atoms with E-state index in [9.17, 15) is 0 Å². The van der Waals surface area contributed by atoms with Crippen molar-refractivity contribution in [2.45, 2.75) is 20.8 Å². The minimum atomic E-state index is -2.08. The van der Waals surface area contributed by atoms with Crippen LogP contribution in [0, 0.1) is 5.92 Å². The van der Waals surface area contributed by atoms with Crippen molar-refractivity contribution in [3.05, 3.63) is 12.0 Å². The molecule has 70 valence electrons.